The largest absolute Gasteiger partial charge is 0.486 e. The Morgan fingerprint density at radius 3 is 2.91 bits per heavy atom. The van der Waals surface area contributed by atoms with E-state index in [2.05, 4.69) is 17.2 Å². The molecule has 0 spiro atoms. The highest BCUT2D eigenvalue weighted by atomic mass is 32.1. The Hall–Kier alpha value is -1.47. The molecule has 22 heavy (non-hydrogen) atoms. The van der Waals surface area contributed by atoms with Gasteiger partial charge in [-0.3, -0.25) is 9.36 Å². The van der Waals surface area contributed by atoms with Gasteiger partial charge in [0.05, 0.1) is 19.8 Å². The van der Waals surface area contributed by atoms with Gasteiger partial charge in [-0.1, -0.05) is 25.6 Å². The van der Waals surface area contributed by atoms with Crippen molar-refractivity contribution in [1.29, 1.82) is 0 Å². The fourth-order valence-corrected chi connectivity index (χ4v) is 2.52. The molecule has 0 unspecified atom stereocenters. The fraction of sp³-hybridized carbons (Fsp3) is 0.667. The summed E-state index contributed by atoms with van der Waals surface area (Å²) in [5, 5.41) is 2.87. The van der Waals surface area contributed by atoms with Crippen molar-refractivity contribution in [3.05, 3.63) is 21.9 Å². The number of nitrogens with one attached hydrogen (secondary N) is 1. The van der Waals surface area contributed by atoms with Crippen LogP contribution in [0, 0.1) is 0 Å². The molecule has 1 aliphatic heterocycles. The molecule has 122 valence electrons. The normalized spacial score (nSPS) is 16.0. The molecule has 1 aliphatic rings. The van der Waals surface area contributed by atoms with E-state index in [1.165, 1.54) is 0 Å². The van der Waals surface area contributed by atoms with Gasteiger partial charge in [-0.15, -0.1) is 0 Å². The van der Waals surface area contributed by atoms with Crippen LogP contribution in [0.4, 0.5) is 0 Å². The molecule has 1 aromatic rings. The van der Waals surface area contributed by atoms with E-state index >= 15 is 0 Å². The molecular formula is C15H23N3O3S. The van der Waals surface area contributed by atoms with E-state index in [0.717, 1.165) is 12.8 Å². The number of fused-ring (bicyclic) bond motifs is 1. The van der Waals surface area contributed by atoms with Gasteiger partial charge in [0.2, 0.25) is 5.75 Å². The first-order chi connectivity index (χ1) is 10.4. The minimum absolute atomic E-state index is 0.190. The summed E-state index contributed by atoms with van der Waals surface area (Å²) in [6.07, 6.45) is 1.87. The Kier molecular flexibility index (Phi) is 5.18. The van der Waals surface area contributed by atoms with Crippen LogP contribution < -0.4 is 15.6 Å². The summed E-state index contributed by atoms with van der Waals surface area (Å²) in [5.41, 5.74) is -0.425. The van der Waals surface area contributed by atoms with Crippen molar-refractivity contribution in [1.82, 2.24) is 14.9 Å². The quantitative estimate of drug-likeness (QED) is 0.655. The second-order valence-corrected chi connectivity index (χ2v) is 6.12. The monoisotopic (exact) mass is 325 g/mol. The third kappa shape index (κ3) is 3.15. The van der Waals surface area contributed by atoms with Crippen LogP contribution in [0.3, 0.4) is 0 Å². The van der Waals surface area contributed by atoms with Gasteiger partial charge >= 0.3 is 0 Å². The van der Waals surface area contributed by atoms with E-state index in [1.54, 1.807) is 11.6 Å². The van der Waals surface area contributed by atoms with E-state index in [9.17, 15) is 4.79 Å². The highest BCUT2D eigenvalue weighted by Crippen LogP contribution is 2.27. The van der Waals surface area contributed by atoms with Crippen LogP contribution in [0.1, 0.15) is 45.1 Å². The second kappa shape index (κ2) is 6.75. The van der Waals surface area contributed by atoms with E-state index in [4.69, 9.17) is 21.7 Å². The molecule has 1 N–H and O–H groups in total. The Bertz CT molecular complexity index is 625. The molecule has 6 nitrogen and oxygen atoms in total. The molecule has 0 fully saturated rings. The second-order valence-electron chi connectivity index (χ2n) is 5.71. The minimum Gasteiger partial charge on any atom is -0.486 e. The number of nitrogens with zero attached hydrogens (tertiary/aromatic N) is 2. The highest BCUT2D eigenvalue weighted by molar-refractivity contribution is 7.80. The topological polar surface area (TPSA) is 65.4 Å². The predicted octanol–water partition coefficient (Wildman–Crippen LogP) is 1.58. The Balaban J connectivity index is 2.57. The number of ether oxygens (including phenoxy) is 2. The molecule has 1 aromatic heterocycles. The van der Waals surface area contributed by atoms with Crippen molar-refractivity contribution in [3.63, 3.8) is 0 Å². The molecule has 0 saturated heterocycles. The first-order valence-corrected chi connectivity index (χ1v) is 7.97. The minimum atomic E-state index is -0.628. The molecule has 0 amide bonds. The van der Waals surface area contributed by atoms with Crippen molar-refractivity contribution in [2.45, 2.75) is 45.8 Å². The van der Waals surface area contributed by atoms with Crippen LogP contribution in [-0.2, 0) is 16.9 Å². The molecule has 0 aromatic carbocycles. The van der Waals surface area contributed by atoms with Crippen molar-refractivity contribution in [2.24, 2.45) is 0 Å². The number of unbranched alkanes of at least 4 members (excludes halogenated alkanes) is 1. The Labute approximate surface area is 135 Å². The number of hydrogen-bond donors (Lipinski definition) is 1. The number of thiocarbonyl (C=S) groups is 1. The maximum Gasteiger partial charge on any atom is 0.296 e. The van der Waals surface area contributed by atoms with Crippen LogP contribution in [0.5, 0.6) is 5.75 Å². The lowest BCUT2D eigenvalue weighted by molar-refractivity contribution is -0.0566. The van der Waals surface area contributed by atoms with Gasteiger partial charge in [-0.25, -0.2) is 4.98 Å². The van der Waals surface area contributed by atoms with Crippen molar-refractivity contribution in [3.8, 4) is 5.75 Å². The average molecular weight is 325 g/mol. The van der Waals surface area contributed by atoms with Crippen LogP contribution in [0.25, 0.3) is 0 Å². The fourth-order valence-electron chi connectivity index (χ4n) is 2.38. The van der Waals surface area contributed by atoms with E-state index in [1.807, 2.05) is 13.8 Å². The van der Waals surface area contributed by atoms with E-state index in [-0.39, 0.29) is 11.3 Å². The van der Waals surface area contributed by atoms with E-state index in [0.29, 0.717) is 36.3 Å². The number of hydrogen-bond acceptors (Lipinski definition) is 5. The maximum absolute atomic E-state index is 12.8. The highest BCUT2D eigenvalue weighted by Gasteiger charge is 2.34. The number of aromatic nitrogens is 2. The molecule has 0 aliphatic carbocycles. The lowest BCUT2D eigenvalue weighted by Gasteiger charge is -2.33. The molecule has 2 rings (SSSR count). The Morgan fingerprint density at radius 2 is 2.27 bits per heavy atom. The zero-order valence-electron chi connectivity index (χ0n) is 13.6. The van der Waals surface area contributed by atoms with Gasteiger partial charge in [0.1, 0.15) is 22.1 Å². The van der Waals surface area contributed by atoms with Crippen LogP contribution >= 0.6 is 12.2 Å². The molecule has 7 heteroatoms. The molecule has 0 bridgehead atoms. The van der Waals surface area contributed by atoms with Gasteiger partial charge in [0.15, 0.2) is 0 Å². The summed E-state index contributed by atoms with van der Waals surface area (Å²) in [6, 6.07) is 0. The molecule has 0 radical (unpaired) electrons. The zero-order valence-corrected chi connectivity index (χ0v) is 14.4. The predicted molar refractivity (Wildman–Crippen MR) is 88.6 cm³/mol. The standard InChI is InChI=1S/C15H23N3O3S/c1-5-6-8-20-11-10(12(22)16-4)17-14-15(2,3)21-9-7-18(14)13(11)19/h5-9H2,1-4H3,(H,16,22). The van der Waals surface area contributed by atoms with Gasteiger partial charge in [0.25, 0.3) is 5.56 Å². The smallest absolute Gasteiger partial charge is 0.296 e. The van der Waals surface area contributed by atoms with Gasteiger partial charge in [-0.05, 0) is 20.3 Å². The number of rotatable bonds is 5. The summed E-state index contributed by atoms with van der Waals surface area (Å²) >= 11 is 5.29. The maximum atomic E-state index is 12.8. The van der Waals surface area contributed by atoms with Gasteiger partial charge in [0, 0.05) is 7.05 Å². The summed E-state index contributed by atoms with van der Waals surface area (Å²) in [5.74, 6) is 0.813. The van der Waals surface area contributed by atoms with Crippen LogP contribution in [-0.4, -0.2) is 34.8 Å². The van der Waals surface area contributed by atoms with Crippen molar-refractivity contribution < 1.29 is 9.47 Å². The third-order valence-corrected chi connectivity index (χ3v) is 4.03. The summed E-state index contributed by atoms with van der Waals surface area (Å²) in [4.78, 5) is 17.8. The van der Waals surface area contributed by atoms with Gasteiger partial charge in [-0.2, -0.15) is 0 Å². The summed E-state index contributed by atoms with van der Waals surface area (Å²) in [7, 11) is 1.71. The SMILES string of the molecule is CCCCOc1c(C(=S)NC)nc2n(c1=O)CCOC2(C)C. The zero-order chi connectivity index (χ0) is 16.3. The van der Waals surface area contributed by atoms with Crippen molar-refractivity contribution >= 4 is 17.2 Å². The van der Waals surface area contributed by atoms with E-state index < -0.39 is 5.60 Å². The average Bonchev–Trinajstić information content (AvgIpc) is 2.49. The molecule has 0 atom stereocenters. The summed E-state index contributed by atoms with van der Waals surface area (Å²) in [6.45, 7) is 7.29. The third-order valence-electron chi connectivity index (χ3n) is 3.63. The molecule has 0 saturated carbocycles. The lowest BCUT2D eigenvalue weighted by Crippen LogP contribution is -2.42. The molecule has 2 heterocycles. The molecular weight excluding hydrogens is 302 g/mol. The van der Waals surface area contributed by atoms with Crippen molar-refractivity contribution in [2.75, 3.05) is 20.3 Å². The van der Waals surface area contributed by atoms with Crippen LogP contribution in [0.2, 0.25) is 0 Å². The van der Waals surface area contributed by atoms with Gasteiger partial charge < -0.3 is 14.8 Å². The summed E-state index contributed by atoms with van der Waals surface area (Å²) < 4.78 is 13.1. The Morgan fingerprint density at radius 1 is 1.55 bits per heavy atom. The first kappa shape index (κ1) is 16.9. The first-order valence-electron chi connectivity index (χ1n) is 7.56. The van der Waals surface area contributed by atoms with Crippen LogP contribution in [0.15, 0.2) is 4.79 Å². The lowest BCUT2D eigenvalue weighted by atomic mass is 10.1.